The minimum Gasteiger partial charge on any atom is -0.310 e. The van der Waals surface area contributed by atoms with Crippen molar-refractivity contribution >= 4 is 80.9 Å². The summed E-state index contributed by atoms with van der Waals surface area (Å²) in [7, 11) is 0. The zero-order valence-corrected chi connectivity index (χ0v) is 28.1. The zero-order chi connectivity index (χ0) is 33.0. The van der Waals surface area contributed by atoms with Gasteiger partial charge in [-0.3, -0.25) is 0 Å². The molecule has 0 aliphatic rings. The maximum absolute atomic E-state index is 2.38. The molecule has 0 aliphatic heterocycles. The second-order valence-corrected chi connectivity index (χ2v) is 14.1. The van der Waals surface area contributed by atoms with Gasteiger partial charge in [-0.15, -0.1) is 11.3 Å². The molecule has 10 rings (SSSR count). The number of anilines is 3. The monoisotopic (exact) mass is 653 g/mol. The Morgan fingerprint density at radius 3 is 1.54 bits per heavy atom. The summed E-state index contributed by atoms with van der Waals surface area (Å²) >= 11 is 1.87. The minimum atomic E-state index is 1.12. The van der Waals surface area contributed by atoms with Crippen LogP contribution in [0, 0.1) is 0 Å². The number of rotatable bonds is 5. The van der Waals surface area contributed by atoms with Gasteiger partial charge >= 0.3 is 0 Å². The molecule has 0 bridgehead atoms. The normalized spacial score (nSPS) is 11.6. The number of benzene rings is 9. The summed E-state index contributed by atoms with van der Waals surface area (Å²) in [6.07, 6.45) is 0. The van der Waals surface area contributed by atoms with Gasteiger partial charge in [0.2, 0.25) is 0 Å². The van der Waals surface area contributed by atoms with Gasteiger partial charge in [0.1, 0.15) is 0 Å². The van der Waals surface area contributed by atoms with E-state index in [0.717, 1.165) is 17.1 Å². The summed E-state index contributed by atoms with van der Waals surface area (Å²) in [5.41, 5.74) is 8.25. The number of hydrogen-bond acceptors (Lipinski definition) is 2. The lowest BCUT2D eigenvalue weighted by molar-refractivity contribution is 1.29. The number of nitrogens with zero attached hydrogens (tertiary/aromatic N) is 1. The molecular weight excluding hydrogens is 623 g/mol. The molecule has 0 amide bonds. The highest BCUT2D eigenvalue weighted by Gasteiger charge is 2.16. The van der Waals surface area contributed by atoms with Gasteiger partial charge in [0, 0.05) is 37.2 Å². The Morgan fingerprint density at radius 2 is 0.800 bits per heavy atom. The van der Waals surface area contributed by atoms with Gasteiger partial charge in [-0.05, 0) is 109 Å². The second kappa shape index (κ2) is 11.7. The average molecular weight is 654 g/mol. The highest BCUT2D eigenvalue weighted by molar-refractivity contribution is 7.25. The van der Waals surface area contributed by atoms with Gasteiger partial charge in [0.15, 0.2) is 0 Å². The van der Waals surface area contributed by atoms with Crippen LogP contribution in [0.25, 0.3) is 74.7 Å². The van der Waals surface area contributed by atoms with E-state index in [1.807, 2.05) is 11.3 Å². The maximum atomic E-state index is 2.38. The first-order valence-electron chi connectivity index (χ1n) is 17.1. The SMILES string of the molecule is c1ccc(-c2ccc(N(c3ccc(-c4ccc5ccc6ccccc6c5c4)cc3)c3ccc4c(c3)sc3cc5ccccc5cc34)cc2)cc1. The van der Waals surface area contributed by atoms with Crippen LogP contribution in [-0.2, 0) is 0 Å². The second-order valence-electron chi connectivity index (χ2n) is 13.0. The number of fused-ring (bicyclic) bond motifs is 7. The largest absolute Gasteiger partial charge is 0.310 e. The quantitative estimate of drug-likeness (QED) is 0.167. The van der Waals surface area contributed by atoms with Crippen LogP contribution in [0.1, 0.15) is 0 Å². The van der Waals surface area contributed by atoms with E-state index in [4.69, 9.17) is 0 Å². The highest BCUT2D eigenvalue weighted by Crippen LogP contribution is 2.42. The van der Waals surface area contributed by atoms with E-state index < -0.39 is 0 Å². The first-order valence-corrected chi connectivity index (χ1v) is 17.9. The predicted octanol–water partition coefficient (Wildman–Crippen LogP) is 14.3. The van der Waals surface area contributed by atoms with Crippen LogP contribution < -0.4 is 4.90 Å². The fourth-order valence-electron chi connectivity index (χ4n) is 7.46. The molecule has 0 saturated carbocycles. The third-order valence-electron chi connectivity index (χ3n) is 10.0. The minimum absolute atomic E-state index is 1.12. The molecule has 0 unspecified atom stereocenters. The van der Waals surface area contributed by atoms with Crippen LogP contribution in [0.5, 0.6) is 0 Å². The first-order chi connectivity index (χ1) is 24.7. The van der Waals surface area contributed by atoms with Crippen LogP contribution in [-0.4, -0.2) is 0 Å². The Hall–Kier alpha value is -6.22. The Labute approximate surface area is 294 Å². The van der Waals surface area contributed by atoms with Gasteiger partial charge in [-0.1, -0.05) is 133 Å². The third kappa shape index (κ3) is 4.92. The Balaban J connectivity index is 1.08. The molecule has 0 fully saturated rings. The van der Waals surface area contributed by atoms with Crippen LogP contribution in [0.3, 0.4) is 0 Å². The maximum Gasteiger partial charge on any atom is 0.0476 e. The van der Waals surface area contributed by atoms with Crippen LogP contribution in [0.4, 0.5) is 17.1 Å². The van der Waals surface area contributed by atoms with E-state index in [1.54, 1.807) is 0 Å². The van der Waals surface area contributed by atoms with Crippen molar-refractivity contribution in [3.8, 4) is 22.3 Å². The molecule has 9 aromatic carbocycles. The molecule has 1 aromatic heterocycles. The van der Waals surface area contributed by atoms with Crippen molar-refractivity contribution < 1.29 is 0 Å². The summed E-state index contributed by atoms with van der Waals surface area (Å²) in [6.45, 7) is 0. The van der Waals surface area contributed by atoms with Gasteiger partial charge < -0.3 is 4.90 Å². The van der Waals surface area contributed by atoms with Crippen molar-refractivity contribution in [2.45, 2.75) is 0 Å². The van der Waals surface area contributed by atoms with Crippen molar-refractivity contribution in [2.24, 2.45) is 0 Å². The Morgan fingerprint density at radius 1 is 0.280 bits per heavy atom. The molecule has 0 atom stereocenters. The first kappa shape index (κ1) is 28.8. The Bertz CT molecular complexity index is 2850. The zero-order valence-electron chi connectivity index (χ0n) is 27.3. The van der Waals surface area contributed by atoms with Gasteiger partial charge in [0.25, 0.3) is 0 Å². The molecule has 10 aromatic rings. The van der Waals surface area contributed by atoms with Crippen molar-refractivity contribution in [3.05, 3.63) is 188 Å². The standard InChI is InChI=1S/C48H31NS/c1-2-8-32(9-3-1)33-18-22-40(23-19-33)49(42-26-27-44-46-29-37-11-4-5-12-38(37)30-47(46)50-48(44)31-42)41-24-20-34(21-25-41)39-17-16-36-15-14-35-10-6-7-13-43(35)45(36)28-39/h1-31H. The Kier molecular flexibility index (Phi) is 6.75. The molecular formula is C48H31NS. The lowest BCUT2D eigenvalue weighted by Crippen LogP contribution is -2.09. The molecule has 2 heteroatoms. The van der Waals surface area contributed by atoms with E-state index in [0.29, 0.717) is 0 Å². The van der Waals surface area contributed by atoms with Crippen LogP contribution in [0.15, 0.2) is 188 Å². The third-order valence-corrected chi connectivity index (χ3v) is 11.1. The molecule has 50 heavy (non-hydrogen) atoms. The van der Waals surface area contributed by atoms with E-state index >= 15 is 0 Å². The molecule has 0 spiro atoms. The highest BCUT2D eigenvalue weighted by atomic mass is 32.1. The summed E-state index contributed by atoms with van der Waals surface area (Å²) < 4.78 is 2.61. The summed E-state index contributed by atoms with van der Waals surface area (Å²) in [5, 5.41) is 10.3. The summed E-state index contributed by atoms with van der Waals surface area (Å²) in [4.78, 5) is 2.38. The van der Waals surface area contributed by atoms with Crippen molar-refractivity contribution in [1.82, 2.24) is 0 Å². The van der Waals surface area contributed by atoms with Crippen molar-refractivity contribution in [2.75, 3.05) is 4.90 Å². The molecule has 0 aliphatic carbocycles. The van der Waals surface area contributed by atoms with Gasteiger partial charge in [0.05, 0.1) is 0 Å². The van der Waals surface area contributed by atoms with E-state index in [2.05, 4.69) is 193 Å². The van der Waals surface area contributed by atoms with Crippen molar-refractivity contribution in [3.63, 3.8) is 0 Å². The number of hydrogen-bond donors (Lipinski definition) is 0. The molecule has 234 valence electrons. The fourth-order valence-corrected chi connectivity index (χ4v) is 8.62. The lowest BCUT2D eigenvalue weighted by Gasteiger charge is -2.26. The lowest BCUT2D eigenvalue weighted by atomic mass is 9.97. The van der Waals surface area contributed by atoms with E-state index in [1.165, 1.54) is 74.7 Å². The summed E-state index contributed by atoms with van der Waals surface area (Å²) in [5.74, 6) is 0. The van der Waals surface area contributed by atoms with Gasteiger partial charge in [-0.2, -0.15) is 0 Å². The molecule has 0 radical (unpaired) electrons. The molecule has 1 heterocycles. The van der Waals surface area contributed by atoms with Crippen LogP contribution >= 0.6 is 11.3 Å². The topological polar surface area (TPSA) is 3.24 Å². The van der Waals surface area contributed by atoms with E-state index in [9.17, 15) is 0 Å². The smallest absolute Gasteiger partial charge is 0.0476 e. The molecule has 0 N–H and O–H groups in total. The van der Waals surface area contributed by atoms with Crippen molar-refractivity contribution in [1.29, 1.82) is 0 Å². The summed E-state index contributed by atoms with van der Waals surface area (Å²) in [6, 6.07) is 68.8. The fraction of sp³-hybridized carbons (Fsp3) is 0. The number of thiophene rings is 1. The van der Waals surface area contributed by atoms with E-state index in [-0.39, 0.29) is 0 Å². The van der Waals surface area contributed by atoms with Gasteiger partial charge in [-0.25, -0.2) is 0 Å². The average Bonchev–Trinajstić information content (AvgIpc) is 3.54. The predicted molar refractivity (Wildman–Crippen MR) is 217 cm³/mol. The molecule has 1 nitrogen and oxygen atoms in total. The molecule has 0 saturated heterocycles. The van der Waals surface area contributed by atoms with Crippen LogP contribution in [0.2, 0.25) is 0 Å².